The highest BCUT2D eigenvalue weighted by Crippen LogP contribution is 2.35. The molecule has 1 aliphatic heterocycles. The Morgan fingerprint density at radius 3 is 2.26 bits per heavy atom. The van der Waals surface area contributed by atoms with Crippen molar-refractivity contribution in [2.75, 3.05) is 0 Å². The third-order valence-corrected chi connectivity index (χ3v) is 6.63. The smallest absolute Gasteiger partial charge is 0.249 e. The van der Waals surface area contributed by atoms with Gasteiger partial charge in [0, 0.05) is 12.2 Å². The lowest BCUT2D eigenvalue weighted by Crippen LogP contribution is -2.67. The van der Waals surface area contributed by atoms with Gasteiger partial charge in [0.15, 0.2) is 6.04 Å². The van der Waals surface area contributed by atoms with E-state index in [-0.39, 0.29) is 35.6 Å². The minimum Gasteiger partial charge on any atom is -0.352 e. The van der Waals surface area contributed by atoms with Gasteiger partial charge in [-0.05, 0) is 68.2 Å². The number of hydrogen-bond donors (Lipinski definition) is 2. The number of hydrogen-bond acceptors (Lipinski definition) is 4. The molecule has 34 heavy (non-hydrogen) atoms. The molecule has 3 amide bonds. The van der Waals surface area contributed by atoms with Gasteiger partial charge in [-0.1, -0.05) is 44.2 Å². The molecule has 0 radical (unpaired) electrons. The highest BCUT2D eigenvalue weighted by atomic mass is 16.2. The molecular formula is C27H34N4O3. The van der Waals surface area contributed by atoms with Crippen LogP contribution in [0.2, 0.25) is 0 Å². The molecule has 180 valence electrons. The second-order valence-electron chi connectivity index (χ2n) is 10.1. The van der Waals surface area contributed by atoms with E-state index in [0.29, 0.717) is 12.1 Å². The van der Waals surface area contributed by atoms with Crippen molar-refractivity contribution in [2.24, 2.45) is 11.8 Å². The molecular weight excluding hydrogens is 428 g/mol. The maximum Gasteiger partial charge on any atom is 0.249 e. The van der Waals surface area contributed by atoms with Gasteiger partial charge < -0.3 is 15.5 Å². The number of benzene rings is 1. The van der Waals surface area contributed by atoms with Crippen LogP contribution in [0.15, 0.2) is 48.7 Å². The maximum absolute atomic E-state index is 14.1. The quantitative estimate of drug-likeness (QED) is 0.662. The molecule has 1 fully saturated rings. The Labute approximate surface area is 201 Å². The van der Waals surface area contributed by atoms with Crippen LogP contribution in [0.5, 0.6) is 0 Å². The molecule has 0 saturated carbocycles. The first kappa shape index (κ1) is 23.9. The van der Waals surface area contributed by atoms with E-state index in [1.807, 2.05) is 39.8 Å². The summed E-state index contributed by atoms with van der Waals surface area (Å²) in [4.78, 5) is 47.0. The lowest BCUT2D eigenvalue weighted by molar-refractivity contribution is -0.158. The van der Waals surface area contributed by atoms with Crippen molar-refractivity contribution in [2.45, 2.75) is 71.1 Å². The van der Waals surface area contributed by atoms with Gasteiger partial charge in [0.05, 0.1) is 5.69 Å². The van der Waals surface area contributed by atoms with Crippen molar-refractivity contribution in [1.82, 2.24) is 20.5 Å². The normalized spacial score (nSPS) is 21.5. The van der Waals surface area contributed by atoms with E-state index in [9.17, 15) is 14.4 Å². The van der Waals surface area contributed by atoms with E-state index in [1.54, 1.807) is 24.4 Å². The summed E-state index contributed by atoms with van der Waals surface area (Å²) in [6.45, 7) is 7.78. The molecule has 2 aliphatic rings. The van der Waals surface area contributed by atoms with Gasteiger partial charge >= 0.3 is 0 Å². The average molecular weight is 463 g/mol. The summed E-state index contributed by atoms with van der Waals surface area (Å²) in [5.41, 5.74) is 2.89. The van der Waals surface area contributed by atoms with E-state index < -0.39 is 18.1 Å². The third kappa shape index (κ3) is 4.83. The van der Waals surface area contributed by atoms with E-state index in [4.69, 9.17) is 0 Å². The van der Waals surface area contributed by atoms with E-state index in [1.165, 1.54) is 16.0 Å². The predicted octanol–water partition coefficient (Wildman–Crippen LogP) is 2.80. The zero-order chi connectivity index (χ0) is 24.4. The summed E-state index contributed by atoms with van der Waals surface area (Å²) in [7, 11) is 0. The first-order valence-corrected chi connectivity index (χ1v) is 12.2. The van der Waals surface area contributed by atoms with Crippen LogP contribution in [0.25, 0.3) is 0 Å². The van der Waals surface area contributed by atoms with Gasteiger partial charge in [-0.15, -0.1) is 0 Å². The summed E-state index contributed by atoms with van der Waals surface area (Å²) in [5, 5.41) is 5.97. The van der Waals surface area contributed by atoms with Crippen molar-refractivity contribution >= 4 is 17.7 Å². The van der Waals surface area contributed by atoms with Crippen molar-refractivity contribution < 1.29 is 14.4 Å². The van der Waals surface area contributed by atoms with E-state index >= 15 is 0 Å². The number of pyridine rings is 1. The monoisotopic (exact) mass is 462 g/mol. The Morgan fingerprint density at radius 2 is 1.71 bits per heavy atom. The van der Waals surface area contributed by atoms with Gasteiger partial charge in [0.2, 0.25) is 17.7 Å². The SMILES string of the molecule is CC(C)CC1C(=O)NC(C2Cc3ccccc3C2)C(=O)N1C(C(=O)NC(C)C)c1ccccn1. The first-order chi connectivity index (χ1) is 16.3. The number of piperazine rings is 1. The molecule has 1 aromatic carbocycles. The standard InChI is InChI=1S/C27H34N4O3/c1-16(2)13-22-25(32)30-23(20-14-18-9-5-6-10-19(18)15-20)27(34)31(22)24(26(33)29-17(3)4)21-11-7-8-12-28-21/h5-12,16-17,20,22-24H,13-15H2,1-4H3,(H,29,33)(H,30,32). The topological polar surface area (TPSA) is 91.4 Å². The number of nitrogens with one attached hydrogen (secondary N) is 2. The van der Waals surface area contributed by atoms with Crippen LogP contribution in [-0.4, -0.2) is 45.7 Å². The van der Waals surface area contributed by atoms with Gasteiger partial charge in [-0.25, -0.2) is 0 Å². The van der Waals surface area contributed by atoms with Crippen LogP contribution >= 0.6 is 0 Å². The Balaban J connectivity index is 1.73. The predicted molar refractivity (Wildman–Crippen MR) is 130 cm³/mol. The molecule has 2 N–H and O–H groups in total. The zero-order valence-corrected chi connectivity index (χ0v) is 20.3. The van der Waals surface area contributed by atoms with Crippen LogP contribution < -0.4 is 10.6 Å². The van der Waals surface area contributed by atoms with Crippen molar-refractivity contribution in [3.8, 4) is 0 Å². The summed E-state index contributed by atoms with van der Waals surface area (Å²) in [6, 6.07) is 11.0. The highest BCUT2D eigenvalue weighted by molar-refractivity contribution is 6.00. The average Bonchev–Trinajstić information content (AvgIpc) is 3.22. The van der Waals surface area contributed by atoms with E-state index in [0.717, 1.165) is 12.8 Å². The summed E-state index contributed by atoms with van der Waals surface area (Å²) >= 11 is 0. The fraction of sp³-hybridized carbons (Fsp3) is 0.481. The Bertz CT molecular complexity index is 1030. The number of rotatable bonds is 7. The fourth-order valence-corrected chi connectivity index (χ4v) is 5.18. The van der Waals surface area contributed by atoms with Crippen LogP contribution in [0.4, 0.5) is 0 Å². The Hall–Kier alpha value is -3.22. The van der Waals surface area contributed by atoms with Gasteiger partial charge in [0.25, 0.3) is 0 Å². The summed E-state index contributed by atoms with van der Waals surface area (Å²) < 4.78 is 0. The molecule has 7 nitrogen and oxygen atoms in total. The molecule has 1 aliphatic carbocycles. The van der Waals surface area contributed by atoms with Crippen LogP contribution in [-0.2, 0) is 27.2 Å². The second kappa shape index (κ2) is 9.95. The number of nitrogens with zero attached hydrogens (tertiary/aromatic N) is 2. The van der Waals surface area contributed by atoms with Crippen LogP contribution in [0.3, 0.4) is 0 Å². The van der Waals surface area contributed by atoms with Crippen molar-refractivity contribution in [3.63, 3.8) is 0 Å². The number of fused-ring (bicyclic) bond motifs is 1. The minimum atomic E-state index is -0.975. The first-order valence-electron chi connectivity index (χ1n) is 12.2. The fourth-order valence-electron chi connectivity index (χ4n) is 5.18. The number of aromatic nitrogens is 1. The molecule has 1 saturated heterocycles. The summed E-state index contributed by atoms with van der Waals surface area (Å²) in [6.07, 6.45) is 3.53. The molecule has 2 aromatic rings. The largest absolute Gasteiger partial charge is 0.352 e. The lowest BCUT2D eigenvalue weighted by atomic mass is 9.88. The van der Waals surface area contributed by atoms with Gasteiger partial charge in [-0.3, -0.25) is 19.4 Å². The highest BCUT2D eigenvalue weighted by Gasteiger charge is 2.49. The molecule has 4 rings (SSSR count). The van der Waals surface area contributed by atoms with Crippen molar-refractivity contribution in [1.29, 1.82) is 0 Å². The minimum absolute atomic E-state index is 0.0473. The van der Waals surface area contributed by atoms with Crippen LogP contribution in [0.1, 0.15) is 57.0 Å². The molecule has 0 spiro atoms. The lowest BCUT2D eigenvalue weighted by Gasteiger charge is -2.44. The Morgan fingerprint density at radius 1 is 1.06 bits per heavy atom. The molecule has 2 heterocycles. The molecule has 3 unspecified atom stereocenters. The van der Waals surface area contributed by atoms with E-state index in [2.05, 4.69) is 27.8 Å². The number of amides is 3. The Kier molecular flexibility index (Phi) is 7.00. The van der Waals surface area contributed by atoms with Crippen LogP contribution in [0, 0.1) is 11.8 Å². The second-order valence-corrected chi connectivity index (χ2v) is 10.1. The third-order valence-electron chi connectivity index (χ3n) is 6.63. The summed E-state index contributed by atoms with van der Waals surface area (Å²) in [5.74, 6) is -0.617. The van der Waals surface area contributed by atoms with Gasteiger partial charge in [0.1, 0.15) is 12.1 Å². The van der Waals surface area contributed by atoms with Gasteiger partial charge in [-0.2, -0.15) is 0 Å². The molecule has 0 bridgehead atoms. The molecule has 1 aromatic heterocycles. The zero-order valence-electron chi connectivity index (χ0n) is 20.3. The van der Waals surface area contributed by atoms with Crippen molar-refractivity contribution in [3.05, 3.63) is 65.5 Å². The molecule has 3 atom stereocenters. The number of carbonyl (C=O) groups is 3. The molecule has 7 heteroatoms. The maximum atomic E-state index is 14.1. The number of carbonyl (C=O) groups excluding carboxylic acids is 3.